The van der Waals surface area contributed by atoms with Crippen molar-refractivity contribution >= 4 is 5.91 Å². The molecule has 0 unspecified atom stereocenters. The number of piperazine rings is 1. The molecule has 0 aliphatic carbocycles. The number of ether oxygens (including phenoxy) is 1. The van der Waals surface area contributed by atoms with Crippen LogP contribution >= 0.6 is 0 Å². The fraction of sp³-hybridized carbons (Fsp3) is 0.556. The first-order valence-electron chi connectivity index (χ1n) is 8.19. The van der Waals surface area contributed by atoms with E-state index >= 15 is 0 Å². The van der Waals surface area contributed by atoms with Crippen LogP contribution in [-0.2, 0) is 16.1 Å². The van der Waals surface area contributed by atoms with Crippen LogP contribution in [0.5, 0.6) is 0 Å². The van der Waals surface area contributed by atoms with Crippen molar-refractivity contribution in [1.82, 2.24) is 9.80 Å². The molecule has 0 spiro atoms. The minimum absolute atomic E-state index is 0.153. The second kappa shape index (κ2) is 9.29. The van der Waals surface area contributed by atoms with Gasteiger partial charge in [0.1, 0.15) is 6.04 Å². The molecule has 5 nitrogen and oxygen atoms in total. The third-order valence-electron chi connectivity index (χ3n) is 4.21. The SMILES string of the molecule is COCCCCC(=O)N1CCN(Cc2ccccc2)[C@H](C#N)C1. The van der Waals surface area contributed by atoms with Crippen molar-refractivity contribution in [2.75, 3.05) is 33.4 Å². The van der Waals surface area contributed by atoms with Crippen LogP contribution in [0.3, 0.4) is 0 Å². The summed E-state index contributed by atoms with van der Waals surface area (Å²) < 4.78 is 5.00. The number of unbranched alkanes of at least 4 members (excludes halogenated alkanes) is 1. The van der Waals surface area contributed by atoms with Gasteiger partial charge >= 0.3 is 0 Å². The third-order valence-corrected chi connectivity index (χ3v) is 4.21. The predicted octanol–water partition coefficient (Wildman–Crippen LogP) is 2.04. The second-order valence-corrected chi connectivity index (χ2v) is 5.89. The fourth-order valence-corrected chi connectivity index (χ4v) is 2.86. The molecule has 1 amide bonds. The zero-order chi connectivity index (χ0) is 16.5. The number of benzene rings is 1. The highest BCUT2D eigenvalue weighted by Crippen LogP contribution is 2.15. The second-order valence-electron chi connectivity index (χ2n) is 5.89. The molecule has 0 saturated carbocycles. The Morgan fingerprint density at radius 2 is 2.09 bits per heavy atom. The van der Waals surface area contributed by atoms with E-state index in [1.54, 1.807) is 7.11 Å². The number of carbonyl (C=O) groups is 1. The number of methoxy groups -OCH3 is 1. The normalized spacial score (nSPS) is 18.6. The molecule has 2 rings (SSSR count). The van der Waals surface area contributed by atoms with E-state index in [1.807, 2.05) is 23.1 Å². The molecule has 1 aliphatic heterocycles. The maximum Gasteiger partial charge on any atom is 0.222 e. The Kier molecular flexibility index (Phi) is 7.05. The van der Waals surface area contributed by atoms with Gasteiger partial charge in [-0.05, 0) is 18.4 Å². The van der Waals surface area contributed by atoms with Crippen LogP contribution in [0, 0.1) is 11.3 Å². The summed E-state index contributed by atoms with van der Waals surface area (Å²) in [6, 6.07) is 12.3. The molecule has 1 saturated heterocycles. The maximum absolute atomic E-state index is 12.2. The van der Waals surface area contributed by atoms with Crippen molar-refractivity contribution in [2.45, 2.75) is 31.8 Å². The molecular formula is C18H25N3O2. The number of carbonyl (C=O) groups excluding carboxylic acids is 1. The number of rotatable bonds is 7. The maximum atomic E-state index is 12.2. The van der Waals surface area contributed by atoms with Gasteiger partial charge < -0.3 is 9.64 Å². The lowest BCUT2D eigenvalue weighted by Crippen LogP contribution is -2.53. The topological polar surface area (TPSA) is 56.6 Å². The molecule has 0 aromatic heterocycles. The van der Waals surface area contributed by atoms with Gasteiger partial charge in [0.15, 0.2) is 0 Å². The van der Waals surface area contributed by atoms with Crippen LogP contribution in [0.25, 0.3) is 0 Å². The molecule has 1 aromatic rings. The lowest BCUT2D eigenvalue weighted by Gasteiger charge is -2.38. The molecule has 23 heavy (non-hydrogen) atoms. The van der Waals surface area contributed by atoms with Gasteiger partial charge in [-0.1, -0.05) is 30.3 Å². The summed E-state index contributed by atoms with van der Waals surface area (Å²) in [5.41, 5.74) is 1.20. The molecule has 0 bridgehead atoms. The van der Waals surface area contributed by atoms with Crippen LogP contribution in [0.2, 0.25) is 0 Å². The zero-order valence-electron chi connectivity index (χ0n) is 13.8. The number of hydrogen-bond donors (Lipinski definition) is 0. The summed E-state index contributed by atoms with van der Waals surface area (Å²) in [4.78, 5) is 16.2. The van der Waals surface area contributed by atoms with Crippen molar-refractivity contribution in [3.8, 4) is 6.07 Å². The first-order chi connectivity index (χ1) is 11.2. The highest BCUT2D eigenvalue weighted by Gasteiger charge is 2.29. The first kappa shape index (κ1) is 17.5. The molecule has 1 heterocycles. The van der Waals surface area contributed by atoms with Crippen LogP contribution < -0.4 is 0 Å². The predicted molar refractivity (Wildman–Crippen MR) is 88.6 cm³/mol. The van der Waals surface area contributed by atoms with Gasteiger partial charge in [-0.25, -0.2) is 0 Å². The van der Waals surface area contributed by atoms with Gasteiger partial charge in [0, 0.05) is 46.3 Å². The van der Waals surface area contributed by atoms with Gasteiger partial charge in [0.2, 0.25) is 5.91 Å². The Bertz CT molecular complexity index is 527. The molecule has 0 N–H and O–H groups in total. The van der Waals surface area contributed by atoms with E-state index < -0.39 is 0 Å². The van der Waals surface area contributed by atoms with E-state index in [4.69, 9.17) is 4.74 Å². The highest BCUT2D eigenvalue weighted by molar-refractivity contribution is 5.76. The first-order valence-corrected chi connectivity index (χ1v) is 8.19. The van der Waals surface area contributed by atoms with E-state index in [0.717, 1.165) is 25.9 Å². The van der Waals surface area contributed by atoms with Gasteiger partial charge in [-0.2, -0.15) is 5.26 Å². The van der Waals surface area contributed by atoms with Gasteiger partial charge in [0.25, 0.3) is 0 Å². The molecule has 0 radical (unpaired) electrons. The molecule has 1 fully saturated rings. The van der Waals surface area contributed by atoms with Gasteiger partial charge in [0.05, 0.1) is 6.07 Å². The van der Waals surface area contributed by atoms with Crippen molar-refractivity contribution in [3.63, 3.8) is 0 Å². The van der Waals surface area contributed by atoms with E-state index in [-0.39, 0.29) is 11.9 Å². The van der Waals surface area contributed by atoms with Crippen molar-refractivity contribution in [2.24, 2.45) is 0 Å². The van der Waals surface area contributed by atoms with Crippen LogP contribution in [0.15, 0.2) is 30.3 Å². The average molecular weight is 315 g/mol. The summed E-state index contributed by atoms with van der Waals surface area (Å²) in [6.07, 6.45) is 2.28. The minimum Gasteiger partial charge on any atom is -0.385 e. The summed E-state index contributed by atoms with van der Waals surface area (Å²) in [5, 5.41) is 9.44. The molecule has 124 valence electrons. The Hall–Kier alpha value is -1.90. The van der Waals surface area contributed by atoms with Crippen LogP contribution in [0.1, 0.15) is 24.8 Å². The van der Waals surface area contributed by atoms with Gasteiger partial charge in [-0.15, -0.1) is 0 Å². The highest BCUT2D eigenvalue weighted by atomic mass is 16.5. The van der Waals surface area contributed by atoms with E-state index in [1.165, 1.54) is 5.56 Å². The minimum atomic E-state index is -0.230. The number of hydrogen-bond acceptors (Lipinski definition) is 4. The number of nitriles is 1. The van der Waals surface area contributed by atoms with Crippen molar-refractivity contribution in [1.29, 1.82) is 5.26 Å². The quantitative estimate of drug-likeness (QED) is 0.723. The Morgan fingerprint density at radius 3 is 2.78 bits per heavy atom. The van der Waals surface area contributed by atoms with E-state index in [2.05, 4.69) is 23.1 Å². The van der Waals surface area contributed by atoms with Crippen molar-refractivity contribution in [3.05, 3.63) is 35.9 Å². The van der Waals surface area contributed by atoms with Gasteiger partial charge in [-0.3, -0.25) is 9.69 Å². The Balaban J connectivity index is 1.84. The fourth-order valence-electron chi connectivity index (χ4n) is 2.86. The Labute approximate surface area is 138 Å². The lowest BCUT2D eigenvalue weighted by atomic mass is 10.1. The van der Waals surface area contributed by atoms with Crippen molar-refractivity contribution < 1.29 is 9.53 Å². The lowest BCUT2D eigenvalue weighted by molar-refractivity contribution is -0.133. The summed E-state index contributed by atoms with van der Waals surface area (Å²) in [7, 11) is 1.67. The smallest absolute Gasteiger partial charge is 0.222 e. The summed E-state index contributed by atoms with van der Waals surface area (Å²) in [6.45, 7) is 3.41. The monoisotopic (exact) mass is 315 g/mol. The molecule has 1 aliphatic rings. The molecule has 1 atom stereocenters. The van der Waals surface area contributed by atoms with Crippen LogP contribution in [-0.4, -0.2) is 55.1 Å². The molecular weight excluding hydrogens is 290 g/mol. The zero-order valence-corrected chi connectivity index (χ0v) is 13.8. The standard InChI is InChI=1S/C18H25N3O2/c1-23-12-6-5-9-18(22)21-11-10-20(17(13-19)15-21)14-16-7-3-2-4-8-16/h2-4,7-8,17H,5-6,9-12,14-15H2,1H3/t17-/m1/s1. The third kappa shape index (κ3) is 5.34. The van der Waals surface area contributed by atoms with E-state index in [9.17, 15) is 10.1 Å². The molecule has 1 aromatic carbocycles. The summed E-state index contributed by atoms with van der Waals surface area (Å²) >= 11 is 0. The average Bonchev–Trinajstić information content (AvgIpc) is 2.59. The number of amides is 1. The summed E-state index contributed by atoms with van der Waals surface area (Å²) in [5.74, 6) is 0.153. The molecule has 5 heteroatoms. The largest absolute Gasteiger partial charge is 0.385 e. The Morgan fingerprint density at radius 1 is 1.30 bits per heavy atom. The number of nitrogens with zero attached hydrogens (tertiary/aromatic N) is 3. The van der Waals surface area contributed by atoms with E-state index in [0.29, 0.717) is 26.1 Å². The van der Waals surface area contributed by atoms with Crippen LogP contribution in [0.4, 0.5) is 0 Å².